The zero-order valence-electron chi connectivity index (χ0n) is 8.34. The summed E-state index contributed by atoms with van der Waals surface area (Å²) in [6, 6.07) is 2.89. The second kappa shape index (κ2) is 5.44. The Labute approximate surface area is 96.2 Å². The molecule has 0 spiro atoms. The molecule has 1 atom stereocenters. The van der Waals surface area contributed by atoms with Crippen molar-refractivity contribution in [2.75, 3.05) is 13.2 Å². The molecule has 0 aliphatic rings. The van der Waals surface area contributed by atoms with Gasteiger partial charge >= 0.3 is 0 Å². The van der Waals surface area contributed by atoms with Crippen LogP contribution in [0.5, 0.6) is 5.75 Å². The maximum atomic E-state index is 13.5. The van der Waals surface area contributed by atoms with E-state index in [1.165, 1.54) is 6.07 Å². The molecular weight excluding hydrogens is 265 g/mol. The Balaban J connectivity index is 3.20. The quantitative estimate of drug-likeness (QED) is 0.885. The molecule has 0 aliphatic carbocycles. The predicted octanol–water partition coefficient (Wildman–Crippen LogP) is 1.98. The molecule has 1 unspecified atom stereocenters. The molecule has 1 aromatic rings. The third-order valence-corrected chi connectivity index (χ3v) is 2.37. The van der Waals surface area contributed by atoms with Crippen molar-refractivity contribution < 1.29 is 14.2 Å². The summed E-state index contributed by atoms with van der Waals surface area (Å²) in [6.45, 7) is 2.11. The number of aliphatic hydroxyl groups is 1. The smallest absolute Gasteiger partial charge is 0.166 e. The Bertz CT molecular complexity index is 346. The summed E-state index contributed by atoms with van der Waals surface area (Å²) >= 11 is 3.15. The second-order valence-electron chi connectivity index (χ2n) is 2.99. The average Bonchev–Trinajstić information content (AvgIpc) is 2.20. The summed E-state index contributed by atoms with van der Waals surface area (Å²) in [5.41, 5.74) is 5.69. The van der Waals surface area contributed by atoms with Crippen LogP contribution in [0.25, 0.3) is 0 Å². The van der Waals surface area contributed by atoms with Gasteiger partial charge in [-0.15, -0.1) is 0 Å². The highest BCUT2D eigenvalue weighted by atomic mass is 79.9. The Morgan fingerprint density at radius 1 is 1.60 bits per heavy atom. The van der Waals surface area contributed by atoms with E-state index in [0.29, 0.717) is 16.6 Å². The van der Waals surface area contributed by atoms with Gasteiger partial charge in [-0.1, -0.05) is 15.9 Å². The van der Waals surface area contributed by atoms with Gasteiger partial charge in [0.25, 0.3) is 0 Å². The number of hydrogen-bond donors (Lipinski definition) is 2. The molecule has 0 fully saturated rings. The van der Waals surface area contributed by atoms with Crippen LogP contribution in [-0.2, 0) is 0 Å². The Hall–Kier alpha value is -0.650. The fourth-order valence-corrected chi connectivity index (χ4v) is 1.70. The van der Waals surface area contributed by atoms with Gasteiger partial charge in [-0.05, 0) is 19.1 Å². The van der Waals surface area contributed by atoms with Crippen LogP contribution >= 0.6 is 15.9 Å². The van der Waals surface area contributed by atoms with Crippen molar-refractivity contribution in [3.63, 3.8) is 0 Å². The van der Waals surface area contributed by atoms with E-state index in [4.69, 9.17) is 10.5 Å². The minimum atomic E-state index is -0.918. The summed E-state index contributed by atoms with van der Waals surface area (Å²) in [6.07, 6.45) is -0.918. The highest BCUT2D eigenvalue weighted by Gasteiger charge is 2.17. The van der Waals surface area contributed by atoms with E-state index in [9.17, 15) is 9.50 Å². The molecular formula is C10H13BrFNO2. The molecule has 0 aromatic heterocycles. The first-order chi connectivity index (χ1) is 7.10. The van der Waals surface area contributed by atoms with Crippen molar-refractivity contribution in [1.82, 2.24) is 0 Å². The van der Waals surface area contributed by atoms with Crippen LogP contribution in [0.1, 0.15) is 18.6 Å². The number of nitrogens with two attached hydrogens (primary N) is 1. The highest BCUT2D eigenvalue weighted by molar-refractivity contribution is 9.10. The van der Waals surface area contributed by atoms with Crippen molar-refractivity contribution in [2.45, 2.75) is 13.0 Å². The number of aliphatic hydroxyl groups excluding tert-OH is 1. The van der Waals surface area contributed by atoms with E-state index in [-0.39, 0.29) is 12.3 Å². The first-order valence-electron chi connectivity index (χ1n) is 4.60. The standard InChI is InChI=1S/C10H13BrFNO2/c1-2-15-10-7(9(14)5-13)3-6(11)4-8(10)12/h3-4,9,14H,2,5,13H2,1H3. The lowest BCUT2D eigenvalue weighted by Crippen LogP contribution is -2.13. The highest BCUT2D eigenvalue weighted by Crippen LogP contribution is 2.31. The minimum absolute atomic E-state index is 0.0238. The zero-order chi connectivity index (χ0) is 11.4. The van der Waals surface area contributed by atoms with E-state index in [0.717, 1.165) is 0 Å². The van der Waals surface area contributed by atoms with Gasteiger partial charge in [0.1, 0.15) is 0 Å². The molecule has 0 heterocycles. The zero-order valence-corrected chi connectivity index (χ0v) is 9.92. The molecule has 0 aliphatic heterocycles. The number of halogens is 2. The molecule has 0 radical (unpaired) electrons. The average molecular weight is 278 g/mol. The molecule has 0 saturated heterocycles. The number of rotatable bonds is 4. The normalized spacial score (nSPS) is 12.6. The maximum absolute atomic E-state index is 13.5. The van der Waals surface area contributed by atoms with Gasteiger partial charge in [0.15, 0.2) is 11.6 Å². The third-order valence-electron chi connectivity index (χ3n) is 1.91. The van der Waals surface area contributed by atoms with Crippen LogP contribution in [0, 0.1) is 5.82 Å². The molecule has 1 aromatic carbocycles. The molecule has 1 rings (SSSR count). The first-order valence-corrected chi connectivity index (χ1v) is 5.39. The number of benzene rings is 1. The molecule has 0 saturated carbocycles. The fourth-order valence-electron chi connectivity index (χ4n) is 1.25. The van der Waals surface area contributed by atoms with Crippen LogP contribution in [0.3, 0.4) is 0 Å². The van der Waals surface area contributed by atoms with Crippen LogP contribution < -0.4 is 10.5 Å². The van der Waals surface area contributed by atoms with Crippen molar-refractivity contribution in [3.8, 4) is 5.75 Å². The summed E-state index contributed by atoms with van der Waals surface area (Å²) in [7, 11) is 0. The SMILES string of the molecule is CCOc1c(F)cc(Br)cc1C(O)CN. The van der Waals surface area contributed by atoms with Gasteiger partial charge in [0.2, 0.25) is 0 Å². The molecule has 0 amide bonds. The van der Waals surface area contributed by atoms with Gasteiger partial charge in [-0.25, -0.2) is 4.39 Å². The predicted molar refractivity (Wildman–Crippen MR) is 59.3 cm³/mol. The number of ether oxygens (including phenoxy) is 1. The molecule has 15 heavy (non-hydrogen) atoms. The maximum Gasteiger partial charge on any atom is 0.166 e. The third kappa shape index (κ3) is 2.90. The van der Waals surface area contributed by atoms with Gasteiger partial charge in [-0.2, -0.15) is 0 Å². The van der Waals surface area contributed by atoms with E-state index < -0.39 is 11.9 Å². The van der Waals surface area contributed by atoms with Gasteiger partial charge in [0.05, 0.1) is 12.7 Å². The van der Waals surface area contributed by atoms with Gasteiger partial charge < -0.3 is 15.6 Å². The van der Waals surface area contributed by atoms with E-state index in [1.807, 2.05) is 0 Å². The molecule has 5 heteroatoms. The lowest BCUT2D eigenvalue weighted by atomic mass is 10.1. The summed E-state index contributed by atoms with van der Waals surface area (Å²) < 4.78 is 19.2. The monoisotopic (exact) mass is 277 g/mol. The van der Waals surface area contributed by atoms with Crippen molar-refractivity contribution >= 4 is 15.9 Å². The van der Waals surface area contributed by atoms with Crippen molar-refractivity contribution in [1.29, 1.82) is 0 Å². The Kier molecular flexibility index (Phi) is 4.50. The summed E-state index contributed by atoms with van der Waals surface area (Å²) in [5, 5.41) is 9.59. The molecule has 3 nitrogen and oxygen atoms in total. The lowest BCUT2D eigenvalue weighted by Gasteiger charge is -2.15. The summed E-state index contributed by atoms with van der Waals surface area (Å²) in [4.78, 5) is 0. The minimum Gasteiger partial charge on any atom is -0.490 e. The van der Waals surface area contributed by atoms with Crippen LogP contribution in [-0.4, -0.2) is 18.3 Å². The van der Waals surface area contributed by atoms with Crippen LogP contribution in [0.2, 0.25) is 0 Å². The van der Waals surface area contributed by atoms with E-state index in [2.05, 4.69) is 15.9 Å². The fraction of sp³-hybridized carbons (Fsp3) is 0.400. The lowest BCUT2D eigenvalue weighted by molar-refractivity contribution is 0.178. The topological polar surface area (TPSA) is 55.5 Å². The first kappa shape index (κ1) is 12.4. The van der Waals surface area contributed by atoms with E-state index in [1.54, 1.807) is 13.0 Å². The molecule has 3 N–H and O–H groups in total. The van der Waals surface area contributed by atoms with E-state index >= 15 is 0 Å². The van der Waals surface area contributed by atoms with Crippen LogP contribution in [0.15, 0.2) is 16.6 Å². The van der Waals surface area contributed by atoms with Gasteiger partial charge in [0, 0.05) is 16.6 Å². The second-order valence-corrected chi connectivity index (χ2v) is 3.91. The largest absolute Gasteiger partial charge is 0.490 e. The number of hydrogen-bond acceptors (Lipinski definition) is 3. The Morgan fingerprint density at radius 3 is 2.80 bits per heavy atom. The molecule has 0 bridgehead atoms. The Morgan fingerprint density at radius 2 is 2.27 bits per heavy atom. The van der Waals surface area contributed by atoms with Crippen molar-refractivity contribution in [3.05, 3.63) is 28.0 Å². The van der Waals surface area contributed by atoms with Crippen LogP contribution in [0.4, 0.5) is 4.39 Å². The van der Waals surface area contributed by atoms with Gasteiger partial charge in [-0.3, -0.25) is 0 Å². The molecule has 84 valence electrons. The summed E-state index contributed by atoms with van der Waals surface area (Å²) in [5.74, 6) is -0.438. The van der Waals surface area contributed by atoms with Crippen molar-refractivity contribution in [2.24, 2.45) is 5.73 Å².